The minimum Gasteiger partial charge on any atom is -0.393 e. The molecule has 1 aliphatic rings. The number of rotatable bonds is 5. The highest BCUT2D eigenvalue weighted by Crippen LogP contribution is 2.39. The Labute approximate surface area is 220 Å². The van der Waals surface area contributed by atoms with E-state index in [-0.39, 0.29) is 24.2 Å². The maximum absolute atomic E-state index is 13.3. The highest BCUT2D eigenvalue weighted by atomic mass is 19.4. The number of alkyl halides is 6. The number of anilines is 2. The molecule has 0 aliphatic heterocycles. The summed E-state index contributed by atoms with van der Waals surface area (Å²) in [5.41, 5.74) is 0.196. The Hall–Kier alpha value is -3.60. The lowest BCUT2D eigenvalue weighted by Crippen LogP contribution is -2.20. The number of nitrogens with one attached hydrogen (secondary N) is 1. The van der Waals surface area contributed by atoms with Crippen LogP contribution < -0.4 is 5.32 Å². The fraction of sp³-hybridized carbons (Fsp3) is 0.357. The first-order valence-electron chi connectivity index (χ1n) is 12.6. The Morgan fingerprint density at radius 1 is 0.923 bits per heavy atom. The van der Waals surface area contributed by atoms with Crippen molar-refractivity contribution in [2.24, 2.45) is 0 Å². The zero-order chi connectivity index (χ0) is 27.9. The fourth-order valence-corrected chi connectivity index (χ4v) is 5.01. The maximum atomic E-state index is 13.3. The Morgan fingerprint density at radius 3 is 2.10 bits per heavy atom. The second-order valence-electron chi connectivity index (χ2n) is 9.81. The van der Waals surface area contributed by atoms with Crippen LogP contribution in [-0.4, -0.2) is 25.7 Å². The quantitative estimate of drug-likeness (QED) is 0.249. The summed E-state index contributed by atoms with van der Waals surface area (Å²) in [5, 5.41) is 13.2. The molecular formula is C28H26F6N4O. The van der Waals surface area contributed by atoms with E-state index >= 15 is 0 Å². The van der Waals surface area contributed by atoms with Crippen LogP contribution in [0.2, 0.25) is 0 Å². The number of aryl methyl sites for hydroxylation is 1. The van der Waals surface area contributed by atoms with Gasteiger partial charge in [0.25, 0.3) is 0 Å². The van der Waals surface area contributed by atoms with E-state index in [4.69, 9.17) is 0 Å². The van der Waals surface area contributed by atoms with Gasteiger partial charge in [-0.1, -0.05) is 31.2 Å². The second-order valence-corrected chi connectivity index (χ2v) is 9.81. The van der Waals surface area contributed by atoms with Gasteiger partial charge in [-0.05, 0) is 61.4 Å². The highest BCUT2D eigenvalue weighted by Gasteiger charge is 2.37. The number of aliphatic hydroxyl groups excluding tert-OH is 1. The Balaban J connectivity index is 1.58. The molecule has 11 heteroatoms. The number of hydrogen-bond acceptors (Lipinski definition) is 4. The minimum atomic E-state index is -4.97. The minimum absolute atomic E-state index is 0.0210. The monoisotopic (exact) mass is 548 g/mol. The summed E-state index contributed by atoms with van der Waals surface area (Å²) in [6.45, 7) is 2.06. The zero-order valence-corrected chi connectivity index (χ0v) is 20.9. The number of halogens is 6. The molecule has 2 N–H and O–H groups in total. The van der Waals surface area contributed by atoms with Gasteiger partial charge in [0.15, 0.2) is 0 Å². The SMILES string of the molecule is CCc1ccc(-c2cn(C3CCC(O)CC3)c3nc(Nc4cc(C(F)(F)F)cc(C(F)(F)F)c4)ncc23)cc1. The van der Waals surface area contributed by atoms with Gasteiger partial charge in [-0.15, -0.1) is 0 Å². The molecule has 0 amide bonds. The Bertz CT molecular complexity index is 1440. The van der Waals surface area contributed by atoms with Crippen LogP contribution in [0.25, 0.3) is 22.2 Å². The third-order valence-corrected chi connectivity index (χ3v) is 7.15. The molecule has 5 nitrogen and oxygen atoms in total. The second kappa shape index (κ2) is 10.2. The third-order valence-electron chi connectivity index (χ3n) is 7.15. The molecule has 0 bridgehead atoms. The number of benzene rings is 2. The van der Waals surface area contributed by atoms with Crippen LogP contribution >= 0.6 is 0 Å². The van der Waals surface area contributed by atoms with E-state index in [1.165, 1.54) is 11.8 Å². The van der Waals surface area contributed by atoms with E-state index in [1.807, 2.05) is 35.0 Å². The molecule has 4 aromatic rings. The molecule has 0 radical (unpaired) electrons. The first kappa shape index (κ1) is 27.0. The van der Waals surface area contributed by atoms with E-state index in [9.17, 15) is 31.4 Å². The van der Waals surface area contributed by atoms with Crippen molar-refractivity contribution >= 4 is 22.7 Å². The van der Waals surface area contributed by atoms with Crippen LogP contribution in [0.3, 0.4) is 0 Å². The van der Waals surface area contributed by atoms with Crippen molar-refractivity contribution in [2.45, 2.75) is 63.5 Å². The third kappa shape index (κ3) is 5.73. The molecule has 39 heavy (non-hydrogen) atoms. The van der Waals surface area contributed by atoms with Gasteiger partial charge in [-0.25, -0.2) is 4.98 Å². The van der Waals surface area contributed by atoms with Crippen LogP contribution in [0, 0.1) is 0 Å². The van der Waals surface area contributed by atoms with E-state index in [0.29, 0.717) is 48.8 Å². The first-order chi connectivity index (χ1) is 18.4. The van der Waals surface area contributed by atoms with Crippen molar-refractivity contribution in [3.05, 3.63) is 71.5 Å². The van der Waals surface area contributed by atoms with Crippen molar-refractivity contribution in [1.29, 1.82) is 0 Å². The van der Waals surface area contributed by atoms with Gasteiger partial charge < -0.3 is 15.0 Å². The number of fused-ring (bicyclic) bond motifs is 1. The van der Waals surface area contributed by atoms with Crippen LogP contribution in [0.1, 0.15) is 55.3 Å². The molecule has 2 aromatic heterocycles. The highest BCUT2D eigenvalue weighted by molar-refractivity contribution is 5.94. The van der Waals surface area contributed by atoms with Crippen LogP contribution in [0.15, 0.2) is 54.9 Å². The van der Waals surface area contributed by atoms with E-state index < -0.39 is 29.2 Å². The summed E-state index contributed by atoms with van der Waals surface area (Å²) in [4.78, 5) is 8.78. The smallest absolute Gasteiger partial charge is 0.393 e. The molecule has 0 unspecified atom stereocenters. The zero-order valence-electron chi connectivity index (χ0n) is 20.9. The summed E-state index contributed by atoms with van der Waals surface area (Å²) in [7, 11) is 0. The molecule has 206 valence electrons. The molecule has 0 atom stereocenters. The summed E-state index contributed by atoms with van der Waals surface area (Å²) >= 11 is 0. The van der Waals surface area contributed by atoms with Crippen LogP contribution in [0.4, 0.5) is 38.0 Å². The number of hydrogen-bond donors (Lipinski definition) is 2. The average Bonchev–Trinajstić information content (AvgIpc) is 3.27. The Kier molecular flexibility index (Phi) is 7.04. The van der Waals surface area contributed by atoms with E-state index in [2.05, 4.69) is 22.2 Å². The molecule has 2 heterocycles. The molecule has 0 saturated heterocycles. The summed E-state index contributed by atoms with van der Waals surface area (Å²) < 4.78 is 82.0. The fourth-order valence-electron chi connectivity index (χ4n) is 5.01. The summed E-state index contributed by atoms with van der Waals surface area (Å²) in [6.07, 6.45) is -3.30. The largest absolute Gasteiger partial charge is 0.416 e. The van der Waals surface area contributed by atoms with Gasteiger partial charge in [-0.3, -0.25) is 0 Å². The molecule has 1 aliphatic carbocycles. The molecule has 2 aromatic carbocycles. The van der Waals surface area contributed by atoms with Crippen molar-refractivity contribution < 1.29 is 31.4 Å². The molecule has 1 saturated carbocycles. The first-order valence-corrected chi connectivity index (χ1v) is 12.6. The summed E-state index contributed by atoms with van der Waals surface area (Å²) in [6, 6.07) is 9.35. The standard InChI is InChI=1S/C28H26F6N4O/c1-2-16-3-5-17(6-4-16)24-15-38(21-7-9-22(39)10-8-21)25-23(24)14-35-26(37-25)36-20-12-18(27(29,30)31)11-19(13-20)28(32,33)34/h3-6,11-15,21-22,39H,2,7-10H2,1H3,(H,35,36,37). The lowest BCUT2D eigenvalue weighted by molar-refractivity contribution is -0.143. The van der Waals surface area contributed by atoms with Crippen molar-refractivity contribution in [1.82, 2.24) is 14.5 Å². The predicted octanol–water partition coefficient (Wildman–Crippen LogP) is 7.92. The van der Waals surface area contributed by atoms with Crippen molar-refractivity contribution in [2.75, 3.05) is 5.32 Å². The van der Waals surface area contributed by atoms with E-state index in [0.717, 1.165) is 17.5 Å². The number of aliphatic hydroxyl groups is 1. The van der Waals surface area contributed by atoms with E-state index in [1.54, 1.807) is 0 Å². The Morgan fingerprint density at radius 2 is 1.54 bits per heavy atom. The molecule has 5 rings (SSSR count). The topological polar surface area (TPSA) is 63.0 Å². The normalized spacial score (nSPS) is 18.5. The number of nitrogens with zero attached hydrogens (tertiary/aromatic N) is 3. The summed E-state index contributed by atoms with van der Waals surface area (Å²) in [5.74, 6) is -0.127. The van der Waals surface area contributed by atoms with Crippen LogP contribution in [-0.2, 0) is 18.8 Å². The van der Waals surface area contributed by atoms with Gasteiger partial charge >= 0.3 is 12.4 Å². The maximum Gasteiger partial charge on any atom is 0.416 e. The number of aromatic nitrogens is 3. The lowest BCUT2D eigenvalue weighted by atomic mass is 9.93. The van der Waals surface area contributed by atoms with Gasteiger partial charge in [0, 0.05) is 35.1 Å². The van der Waals surface area contributed by atoms with Gasteiger partial charge in [-0.2, -0.15) is 31.3 Å². The molecule has 0 spiro atoms. The lowest BCUT2D eigenvalue weighted by Gasteiger charge is -2.27. The van der Waals surface area contributed by atoms with Crippen molar-refractivity contribution in [3.8, 4) is 11.1 Å². The molecule has 1 fully saturated rings. The van der Waals surface area contributed by atoms with Gasteiger partial charge in [0.2, 0.25) is 5.95 Å². The van der Waals surface area contributed by atoms with Gasteiger partial charge in [0.05, 0.1) is 17.2 Å². The molecular weight excluding hydrogens is 522 g/mol. The predicted molar refractivity (Wildman–Crippen MR) is 136 cm³/mol. The average molecular weight is 549 g/mol. The van der Waals surface area contributed by atoms with Crippen LogP contribution in [0.5, 0.6) is 0 Å². The van der Waals surface area contributed by atoms with Gasteiger partial charge in [0.1, 0.15) is 5.65 Å². The van der Waals surface area contributed by atoms with Crippen molar-refractivity contribution in [3.63, 3.8) is 0 Å².